The molecule has 0 heterocycles. The summed E-state index contributed by atoms with van der Waals surface area (Å²) in [6, 6.07) is 23.1. The zero-order valence-corrected chi connectivity index (χ0v) is 19.0. The molecule has 34 heavy (non-hydrogen) atoms. The van der Waals surface area contributed by atoms with E-state index in [2.05, 4.69) is 10.6 Å². The highest BCUT2D eigenvalue weighted by molar-refractivity contribution is 6.09. The third-order valence-corrected chi connectivity index (χ3v) is 4.67. The topological polar surface area (TPSA) is 100 Å². The summed E-state index contributed by atoms with van der Waals surface area (Å²) in [5.41, 5.74) is 2.65. The predicted molar refractivity (Wildman–Crippen MR) is 132 cm³/mol. The van der Waals surface area contributed by atoms with Gasteiger partial charge in [-0.25, -0.2) is 0 Å². The molecule has 7 heteroatoms. The van der Waals surface area contributed by atoms with Gasteiger partial charge in [0.1, 0.15) is 23.1 Å². The zero-order chi connectivity index (χ0) is 24.3. The number of nitriles is 1. The van der Waals surface area contributed by atoms with Gasteiger partial charge in [-0.2, -0.15) is 5.26 Å². The zero-order valence-electron chi connectivity index (χ0n) is 19.0. The highest BCUT2D eigenvalue weighted by Gasteiger charge is 2.12. The number of hydrogen-bond acceptors (Lipinski definition) is 5. The van der Waals surface area contributed by atoms with E-state index in [4.69, 9.17) is 9.47 Å². The molecule has 2 amide bonds. The quantitative estimate of drug-likeness (QED) is 0.351. The molecule has 7 nitrogen and oxygen atoms in total. The van der Waals surface area contributed by atoms with Crippen molar-refractivity contribution in [3.05, 3.63) is 89.5 Å². The summed E-state index contributed by atoms with van der Waals surface area (Å²) < 4.78 is 11.1. The van der Waals surface area contributed by atoms with Crippen molar-refractivity contribution in [2.24, 2.45) is 0 Å². The van der Waals surface area contributed by atoms with Gasteiger partial charge in [0.2, 0.25) is 0 Å². The molecule has 2 N–H and O–H groups in total. The molecule has 0 fully saturated rings. The molecule has 0 saturated carbocycles. The van der Waals surface area contributed by atoms with Crippen molar-refractivity contribution in [1.82, 2.24) is 0 Å². The van der Waals surface area contributed by atoms with Crippen molar-refractivity contribution < 1.29 is 19.1 Å². The van der Waals surface area contributed by atoms with Crippen molar-refractivity contribution in [1.29, 1.82) is 5.26 Å². The number of ether oxygens (including phenoxy) is 2. The van der Waals surface area contributed by atoms with Crippen LogP contribution in [0.15, 0.2) is 78.4 Å². The minimum Gasteiger partial charge on any atom is -0.494 e. The number of nitrogens with one attached hydrogen (secondary N) is 2. The average molecular weight is 456 g/mol. The SMILES string of the molecule is CCOc1ccc(NC(=O)/C(C#N)=C/c2ccccc2OCC(=O)Nc2cccc(C)c2)cc1. The minimum absolute atomic E-state index is 0.103. The van der Waals surface area contributed by atoms with Crippen LogP contribution in [-0.2, 0) is 9.59 Å². The van der Waals surface area contributed by atoms with Gasteiger partial charge in [0.05, 0.1) is 6.61 Å². The summed E-state index contributed by atoms with van der Waals surface area (Å²) in [6.07, 6.45) is 1.43. The molecule has 3 rings (SSSR count). The maximum Gasteiger partial charge on any atom is 0.266 e. The van der Waals surface area contributed by atoms with Crippen LogP contribution in [0.5, 0.6) is 11.5 Å². The van der Waals surface area contributed by atoms with E-state index >= 15 is 0 Å². The Bertz CT molecular complexity index is 1230. The predicted octanol–water partition coefficient (Wildman–Crippen LogP) is 4.96. The molecule has 0 radical (unpaired) electrons. The smallest absolute Gasteiger partial charge is 0.266 e. The number of carbonyl (C=O) groups is 2. The lowest BCUT2D eigenvalue weighted by Gasteiger charge is -2.11. The average Bonchev–Trinajstić information content (AvgIpc) is 2.83. The van der Waals surface area contributed by atoms with Gasteiger partial charge in [-0.15, -0.1) is 0 Å². The monoisotopic (exact) mass is 455 g/mol. The Balaban J connectivity index is 1.67. The van der Waals surface area contributed by atoms with Gasteiger partial charge < -0.3 is 20.1 Å². The standard InChI is InChI=1S/C27H25N3O4/c1-3-33-24-13-11-22(12-14-24)30-27(32)21(17-28)16-20-8-4-5-10-25(20)34-18-26(31)29-23-9-6-7-19(2)15-23/h4-16H,3,18H2,1-2H3,(H,29,31)(H,30,32)/b21-16+. The Morgan fingerprint density at radius 2 is 1.71 bits per heavy atom. The van der Waals surface area contributed by atoms with E-state index in [9.17, 15) is 14.9 Å². The first-order chi connectivity index (χ1) is 16.5. The Morgan fingerprint density at radius 3 is 2.41 bits per heavy atom. The van der Waals surface area contributed by atoms with E-state index in [1.165, 1.54) is 6.08 Å². The van der Waals surface area contributed by atoms with Crippen LogP contribution in [0.4, 0.5) is 11.4 Å². The van der Waals surface area contributed by atoms with Crippen LogP contribution in [0.3, 0.4) is 0 Å². The van der Waals surface area contributed by atoms with E-state index < -0.39 is 5.91 Å². The van der Waals surface area contributed by atoms with Gasteiger partial charge in [-0.3, -0.25) is 9.59 Å². The van der Waals surface area contributed by atoms with Gasteiger partial charge in [0.15, 0.2) is 6.61 Å². The van der Waals surface area contributed by atoms with Crippen LogP contribution in [0.1, 0.15) is 18.1 Å². The molecule has 172 valence electrons. The summed E-state index contributed by atoms with van der Waals surface area (Å²) in [4.78, 5) is 24.9. The Labute approximate surface area is 198 Å². The fourth-order valence-corrected chi connectivity index (χ4v) is 3.10. The first-order valence-corrected chi connectivity index (χ1v) is 10.7. The van der Waals surface area contributed by atoms with Crippen LogP contribution < -0.4 is 20.1 Å². The molecule has 0 atom stereocenters. The van der Waals surface area contributed by atoms with Crippen molar-refractivity contribution in [2.75, 3.05) is 23.8 Å². The first-order valence-electron chi connectivity index (χ1n) is 10.7. The van der Waals surface area contributed by atoms with Gasteiger partial charge >= 0.3 is 0 Å². The number of hydrogen-bond donors (Lipinski definition) is 2. The number of benzene rings is 3. The van der Waals surface area contributed by atoms with Crippen LogP contribution in [0.2, 0.25) is 0 Å². The number of carbonyl (C=O) groups excluding carboxylic acids is 2. The van der Waals surface area contributed by atoms with Gasteiger partial charge in [-0.05, 0) is 68.0 Å². The lowest BCUT2D eigenvalue weighted by Crippen LogP contribution is -2.20. The van der Waals surface area contributed by atoms with Crippen molar-refractivity contribution in [2.45, 2.75) is 13.8 Å². The van der Waals surface area contributed by atoms with Crippen molar-refractivity contribution in [3.63, 3.8) is 0 Å². The molecule has 0 aliphatic heterocycles. The number of rotatable bonds is 9. The lowest BCUT2D eigenvalue weighted by molar-refractivity contribution is -0.118. The molecule has 0 bridgehead atoms. The molecule has 0 spiro atoms. The van der Waals surface area contributed by atoms with E-state index in [0.717, 1.165) is 5.56 Å². The summed E-state index contributed by atoms with van der Waals surface area (Å²) in [7, 11) is 0. The summed E-state index contributed by atoms with van der Waals surface area (Å²) in [6.45, 7) is 4.15. The molecular formula is C27H25N3O4. The Morgan fingerprint density at radius 1 is 0.941 bits per heavy atom. The number of anilines is 2. The van der Waals surface area contributed by atoms with Gasteiger partial charge in [-0.1, -0.05) is 30.3 Å². The van der Waals surface area contributed by atoms with Crippen molar-refractivity contribution >= 4 is 29.3 Å². The largest absolute Gasteiger partial charge is 0.494 e. The van der Waals surface area contributed by atoms with Crippen LogP contribution in [0, 0.1) is 18.3 Å². The van der Waals surface area contributed by atoms with Gasteiger partial charge in [0.25, 0.3) is 11.8 Å². The molecule has 0 aliphatic carbocycles. The second-order valence-corrected chi connectivity index (χ2v) is 7.33. The number of aryl methyl sites for hydroxylation is 1. The van der Waals surface area contributed by atoms with Crippen LogP contribution in [0.25, 0.3) is 6.08 Å². The lowest BCUT2D eigenvalue weighted by atomic mass is 10.1. The van der Waals surface area contributed by atoms with E-state index in [1.807, 2.05) is 38.1 Å². The maximum absolute atomic E-state index is 12.6. The number of para-hydroxylation sites is 1. The first kappa shape index (κ1) is 24.1. The number of amides is 2. The van der Waals surface area contributed by atoms with E-state index in [1.54, 1.807) is 54.6 Å². The fourth-order valence-electron chi connectivity index (χ4n) is 3.10. The number of nitrogens with zero attached hydrogens (tertiary/aromatic N) is 1. The molecule has 3 aromatic carbocycles. The van der Waals surface area contributed by atoms with Gasteiger partial charge in [0, 0.05) is 16.9 Å². The summed E-state index contributed by atoms with van der Waals surface area (Å²) in [5.74, 6) is 0.189. The second-order valence-electron chi connectivity index (χ2n) is 7.33. The highest BCUT2D eigenvalue weighted by Crippen LogP contribution is 2.22. The molecular weight excluding hydrogens is 430 g/mol. The summed E-state index contributed by atoms with van der Waals surface area (Å²) >= 11 is 0. The second kappa shape index (κ2) is 11.9. The summed E-state index contributed by atoms with van der Waals surface area (Å²) in [5, 5.41) is 15.0. The fraction of sp³-hybridized carbons (Fsp3) is 0.148. The Kier molecular flexibility index (Phi) is 8.42. The minimum atomic E-state index is -0.557. The highest BCUT2D eigenvalue weighted by atomic mass is 16.5. The third-order valence-electron chi connectivity index (χ3n) is 4.67. The van der Waals surface area contributed by atoms with Crippen LogP contribution in [-0.4, -0.2) is 25.0 Å². The molecule has 0 aromatic heterocycles. The van der Waals surface area contributed by atoms with E-state index in [0.29, 0.717) is 35.0 Å². The molecule has 3 aromatic rings. The maximum atomic E-state index is 12.6. The van der Waals surface area contributed by atoms with E-state index in [-0.39, 0.29) is 18.1 Å². The third kappa shape index (κ3) is 6.97. The Hall–Kier alpha value is -4.57. The van der Waals surface area contributed by atoms with Crippen molar-refractivity contribution in [3.8, 4) is 17.6 Å². The molecule has 0 unspecified atom stereocenters. The molecule has 0 aliphatic rings. The van der Waals surface area contributed by atoms with Crippen LogP contribution >= 0.6 is 0 Å². The normalized spacial score (nSPS) is 10.7. The molecule has 0 saturated heterocycles.